The van der Waals surface area contributed by atoms with E-state index in [1.54, 1.807) is 6.20 Å². The lowest BCUT2D eigenvalue weighted by atomic mass is 10.2. The van der Waals surface area contributed by atoms with Crippen molar-refractivity contribution in [3.8, 4) is 0 Å². The van der Waals surface area contributed by atoms with Gasteiger partial charge in [-0.3, -0.25) is 4.98 Å². The van der Waals surface area contributed by atoms with Gasteiger partial charge in [0.15, 0.2) is 0 Å². The van der Waals surface area contributed by atoms with Crippen molar-refractivity contribution in [2.45, 2.75) is 13.5 Å². The highest BCUT2D eigenvalue weighted by Gasteiger charge is 2.07. The molecule has 2 aromatic carbocycles. The van der Waals surface area contributed by atoms with Gasteiger partial charge in [0.05, 0.1) is 35.2 Å². The van der Waals surface area contributed by atoms with Crippen LogP contribution in [0, 0.1) is 18.6 Å². The van der Waals surface area contributed by atoms with Gasteiger partial charge in [0, 0.05) is 6.07 Å². The molecule has 21 heavy (non-hydrogen) atoms. The van der Waals surface area contributed by atoms with Gasteiger partial charge in [0.25, 0.3) is 0 Å². The molecule has 0 radical (unpaired) electrons. The number of hydrogen-bond acceptors (Lipinski definition) is 3. The maximum absolute atomic E-state index is 13.7. The van der Waals surface area contributed by atoms with E-state index in [2.05, 4.69) is 15.3 Å². The summed E-state index contributed by atoms with van der Waals surface area (Å²) in [7, 11) is 0. The molecule has 0 saturated heterocycles. The van der Waals surface area contributed by atoms with Crippen LogP contribution in [0.5, 0.6) is 0 Å². The Hall–Kier alpha value is -2.56. The van der Waals surface area contributed by atoms with Gasteiger partial charge in [-0.2, -0.15) is 0 Å². The summed E-state index contributed by atoms with van der Waals surface area (Å²) in [4.78, 5) is 8.70. The fraction of sp³-hybridized carbons (Fsp3) is 0.125. The van der Waals surface area contributed by atoms with Crippen molar-refractivity contribution in [1.82, 2.24) is 9.97 Å². The van der Waals surface area contributed by atoms with E-state index in [1.807, 2.05) is 24.3 Å². The second-order valence-corrected chi connectivity index (χ2v) is 4.78. The number of aryl methyl sites for hydroxylation is 1. The van der Waals surface area contributed by atoms with Gasteiger partial charge in [0.1, 0.15) is 11.6 Å². The van der Waals surface area contributed by atoms with E-state index in [0.717, 1.165) is 17.1 Å². The van der Waals surface area contributed by atoms with Crippen LogP contribution in [0.4, 0.5) is 14.5 Å². The normalized spacial score (nSPS) is 10.8. The smallest absolute Gasteiger partial charge is 0.146 e. The summed E-state index contributed by atoms with van der Waals surface area (Å²) < 4.78 is 27.2. The average molecular weight is 285 g/mol. The molecule has 1 aromatic heterocycles. The molecule has 1 N–H and O–H groups in total. The molecule has 0 bridgehead atoms. The summed E-state index contributed by atoms with van der Waals surface area (Å²) in [6, 6.07) is 9.82. The summed E-state index contributed by atoms with van der Waals surface area (Å²) in [5.41, 5.74) is 2.63. The third kappa shape index (κ3) is 2.81. The first-order valence-electron chi connectivity index (χ1n) is 6.53. The van der Waals surface area contributed by atoms with Gasteiger partial charge < -0.3 is 5.32 Å². The molecule has 0 fully saturated rings. The molecule has 106 valence electrons. The maximum atomic E-state index is 13.7. The van der Waals surface area contributed by atoms with E-state index in [4.69, 9.17) is 0 Å². The van der Waals surface area contributed by atoms with E-state index in [1.165, 1.54) is 13.0 Å². The Morgan fingerprint density at radius 2 is 1.81 bits per heavy atom. The fourth-order valence-corrected chi connectivity index (χ4v) is 2.05. The Kier molecular flexibility index (Phi) is 3.48. The van der Waals surface area contributed by atoms with Gasteiger partial charge in [-0.05, 0) is 30.7 Å². The largest absolute Gasteiger partial charge is 0.377 e. The molecule has 0 aliphatic rings. The van der Waals surface area contributed by atoms with Crippen LogP contribution in [-0.4, -0.2) is 9.97 Å². The van der Waals surface area contributed by atoms with Crippen molar-refractivity contribution in [1.29, 1.82) is 0 Å². The van der Waals surface area contributed by atoms with Crippen LogP contribution in [0.15, 0.2) is 42.6 Å². The zero-order valence-electron chi connectivity index (χ0n) is 11.4. The highest BCUT2D eigenvalue weighted by molar-refractivity contribution is 5.73. The lowest BCUT2D eigenvalue weighted by molar-refractivity contribution is 0.594. The van der Waals surface area contributed by atoms with E-state index in [9.17, 15) is 8.78 Å². The van der Waals surface area contributed by atoms with Crippen LogP contribution in [0.2, 0.25) is 0 Å². The Bertz CT molecular complexity index is 803. The average Bonchev–Trinajstić information content (AvgIpc) is 2.49. The van der Waals surface area contributed by atoms with Crippen molar-refractivity contribution < 1.29 is 8.78 Å². The zero-order chi connectivity index (χ0) is 14.8. The molecule has 0 amide bonds. The van der Waals surface area contributed by atoms with Gasteiger partial charge >= 0.3 is 0 Å². The number of rotatable bonds is 3. The van der Waals surface area contributed by atoms with Crippen LogP contribution in [-0.2, 0) is 6.54 Å². The van der Waals surface area contributed by atoms with Crippen molar-refractivity contribution in [2.24, 2.45) is 0 Å². The fourth-order valence-electron chi connectivity index (χ4n) is 2.05. The Balaban J connectivity index is 1.81. The molecule has 3 aromatic rings. The molecular weight excluding hydrogens is 272 g/mol. The Morgan fingerprint density at radius 1 is 1.05 bits per heavy atom. The predicted molar refractivity (Wildman–Crippen MR) is 78.0 cm³/mol. The van der Waals surface area contributed by atoms with Crippen LogP contribution < -0.4 is 5.32 Å². The standard InChI is InChI=1S/C16H13F2N3/c1-10-6-13(18)16(7-12(10)17)20-9-11-8-19-14-4-2-3-5-15(14)21-11/h2-8,20H,9H2,1H3. The topological polar surface area (TPSA) is 37.8 Å². The number of hydrogen-bond donors (Lipinski definition) is 1. The number of fused-ring (bicyclic) bond motifs is 1. The lowest BCUT2D eigenvalue weighted by Gasteiger charge is -2.09. The molecule has 0 spiro atoms. The lowest BCUT2D eigenvalue weighted by Crippen LogP contribution is -2.05. The minimum atomic E-state index is -0.484. The molecule has 0 unspecified atom stereocenters. The minimum Gasteiger partial charge on any atom is -0.377 e. The van der Waals surface area contributed by atoms with Crippen LogP contribution in [0.25, 0.3) is 11.0 Å². The summed E-state index contributed by atoms with van der Waals surface area (Å²) in [5.74, 6) is -0.925. The van der Waals surface area contributed by atoms with Crippen LogP contribution in [0.3, 0.4) is 0 Å². The second kappa shape index (κ2) is 5.44. The van der Waals surface area contributed by atoms with Crippen molar-refractivity contribution in [3.63, 3.8) is 0 Å². The highest BCUT2D eigenvalue weighted by Crippen LogP contribution is 2.19. The predicted octanol–water partition coefficient (Wildman–Crippen LogP) is 3.83. The van der Waals surface area contributed by atoms with E-state index < -0.39 is 11.6 Å². The van der Waals surface area contributed by atoms with Crippen molar-refractivity contribution >= 4 is 16.7 Å². The summed E-state index contributed by atoms with van der Waals surface area (Å²) in [5, 5.41) is 2.84. The van der Waals surface area contributed by atoms with Gasteiger partial charge in [-0.15, -0.1) is 0 Å². The number of para-hydroxylation sites is 2. The minimum absolute atomic E-state index is 0.119. The maximum Gasteiger partial charge on any atom is 0.146 e. The van der Waals surface area contributed by atoms with E-state index >= 15 is 0 Å². The number of halogens is 2. The number of anilines is 1. The Labute approximate surface area is 120 Å². The zero-order valence-corrected chi connectivity index (χ0v) is 11.4. The first-order chi connectivity index (χ1) is 10.1. The molecular formula is C16H13F2N3. The van der Waals surface area contributed by atoms with E-state index in [0.29, 0.717) is 5.69 Å². The monoisotopic (exact) mass is 285 g/mol. The van der Waals surface area contributed by atoms with Gasteiger partial charge in [0.2, 0.25) is 0 Å². The third-order valence-corrected chi connectivity index (χ3v) is 3.21. The summed E-state index contributed by atoms with van der Waals surface area (Å²) in [6.07, 6.45) is 1.62. The molecule has 0 saturated carbocycles. The molecule has 0 atom stereocenters. The first kappa shape index (κ1) is 13.4. The van der Waals surface area contributed by atoms with Gasteiger partial charge in [-0.25, -0.2) is 13.8 Å². The first-order valence-corrected chi connectivity index (χ1v) is 6.53. The van der Waals surface area contributed by atoms with Crippen molar-refractivity contribution in [2.75, 3.05) is 5.32 Å². The van der Waals surface area contributed by atoms with Gasteiger partial charge in [-0.1, -0.05) is 12.1 Å². The molecule has 3 rings (SSSR count). The summed E-state index contributed by atoms with van der Waals surface area (Å²) >= 11 is 0. The number of nitrogens with one attached hydrogen (secondary N) is 1. The second-order valence-electron chi connectivity index (χ2n) is 4.78. The van der Waals surface area contributed by atoms with Crippen molar-refractivity contribution in [3.05, 3.63) is 65.5 Å². The molecule has 0 aliphatic carbocycles. The number of aromatic nitrogens is 2. The number of benzene rings is 2. The molecule has 0 aliphatic heterocycles. The van der Waals surface area contributed by atoms with E-state index in [-0.39, 0.29) is 17.8 Å². The summed E-state index contributed by atoms with van der Waals surface area (Å²) in [6.45, 7) is 1.80. The van der Waals surface area contributed by atoms with Crippen LogP contribution in [0.1, 0.15) is 11.3 Å². The highest BCUT2D eigenvalue weighted by atomic mass is 19.1. The molecule has 5 heteroatoms. The molecule has 3 nitrogen and oxygen atoms in total. The quantitative estimate of drug-likeness (QED) is 0.794. The number of nitrogens with zero attached hydrogens (tertiary/aromatic N) is 2. The third-order valence-electron chi connectivity index (χ3n) is 3.21. The van der Waals surface area contributed by atoms with Crippen LogP contribution >= 0.6 is 0 Å². The SMILES string of the molecule is Cc1cc(F)c(NCc2cnc3ccccc3n2)cc1F. The Morgan fingerprint density at radius 3 is 2.62 bits per heavy atom. The molecule has 1 heterocycles.